The van der Waals surface area contributed by atoms with Gasteiger partial charge < -0.3 is 15.8 Å². The van der Waals surface area contributed by atoms with E-state index < -0.39 is 53.8 Å². The summed E-state index contributed by atoms with van der Waals surface area (Å²) in [5.74, 6) is -3.18. The Hall–Kier alpha value is -2.87. The van der Waals surface area contributed by atoms with Crippen molar-refractivity contribution in [1.29, 1.82) is 0 Å². The lowest BCUT2D eigenvalue weighted by Gasteiger charge is -2.36. The zero-order valence-electron chi connectivity index (χ0n) is 16.9. The molecule has 2 aliphatic heterocycles. The number of carbonyl (C=O) groups excluding carboxylic acids is 1. The van der Waals surface area contributed by atoms with Crippen LogP contribution in [0.1, 0.15) is 21.6 Å². The maximum atomic E-state index is 14.9. The van der Waals surface area contributed by atoms with Crippen LogP contribution in [0, 0.1) is 11.7 Å². The van der Waals surface area contributed by atoms with E-state index in [2.05, 4.69) is 15.3 Å². The summed E-state index contributed by atoms with van der Waals surface area (Å²) in [6.07, 6.45) is -11.1. The molecule has 1 fully saturated rings. The SMILES string of the molecule is NC1=NC2(c3cc(NC(=O)c4ccc(C(F)(F)F)cn4)ccc3F)COC(C(F)(F)F)C2CS1. The molecule has 14 heteroatoms. The minimum absolute atomic E-state index is 0.0290. The molecule has 34 heavy (non-hydrogen) atoms. The van der Waals surface area contributed by atoms with E-state index in [1.54, 1.807) is 0 Å². The molecule has 0 radical (unpaired) electrons. The molecule has 3 atom stereocenters. The van der Waals surface area contributed by atoms with Crippen molar-refractivity contribution in [3.8, 4) is 0 Å². The van der Waals surface area contributed by atoms with Gasteiger partial charge >= 0.3 is 12.4 Å². The molecule has 2 aromatic rings. The van der Waals surface area contributed by atoms with Gasteiger partial charge in [0.05, 0.1) is 12.2 Å². The van der Waals surface area contributed by atoms with E-state index in [0.29, 0.717) is 12.3 Å². The number of nitrogens with one attached hydrogen (secondary N) is 1. The molecule has 182 valence electrons. The normalized spacial score (nSPS) is 25.0. The van der Waals surface area contributed by atoms with Crippen LogP contribution in [0.4, 0.5) is 36.4 Å². The first-order valence-corrected chi connectivity index (χ1v) is 10.6. The summed E-state index contributed by atoms with van der Waals surface area (Å²) in [5, 5.41) is 2.32. The highest BCUT2D eigenvalue weighted by Gasteiger charge is 2.62. The summed E-state index contributed by atoms with van der Waals surface area (Å²) in [4.78, 5) is 20.1. The van der Waals surface area contributed by atoms with Gasteiger partial charge in [-0.2, -0.15) is 26.3 Å². The molecule has 1 saturated heterocycles. The Balaban J connectivity index is 1.66. The van der Waals surface area contributed by atoms with Crippen LogP contribution in [0.2, 0.25) is 0 Å². The standard InChI is InChI=1S/C20H15F7N4O2S/c21-13-3-2-10(30-16(32)14-4-1-9(6-29-14)19(22,23)24)5-11(13)18-8-33-15(20(25,26)27)12(18)7-34-17(28)31-18/h1-6,12,15H,7-8H2,(H2,28,31)(H,30,32). The molecule has 3 N–H and O–H groups in total. The minimum atomic E-state index is -4.72. The second-order valence-electron chi connectivity index (χ2n) is 7.64. The Morgan fingerprint density at radius 3 is 2.53 bits per heavy atom. The van der Waals surface area contributed by atoms with Gasteiger partial charge in [-0.25, -0.2) is 9.38 Å². The third-order valence-electron chi connectivity index (χ3n) is 5.52. The fourth-order valence-corrected chi connectivity index (χ4v) is 4.95. The van der Waals surface area contributed by atoms with Crippen LogP contribution in [0.15, 0.2) is 41.5 Å². The number of hydrogen-bond acceptors (Lipinski definition) is 6. The number of hydrogen-bond donors (Lipinski definition) is 2. The number of anilines is 1. The zero-order valence-corrected chi connectivity index (χ0v) is 17.7. The lowest BCUT2D eigenvalue weighted by molar-refractivity contribution is -0.215. The van der Waals surface area contributed by atoms with Crippen molar-refractivity contribution >= 4 is 28.5 Å². The van der Waals surface area contributed by atoms with Crippen molar-refractivity contribution in [3.63, 3.8) is 0 Å². The van der Waals surface area contributed by atoms with Gasteiger partial charge in [-0.3, -0.25) is 9.78 Å². The Morgan fingerprint density at radius 2 is 1.91 bits per heavy atom. The molecule has 2 aliphatic rings. The number of aromatic nitrogens is 1. The number of amidine groups is 1. The molecule has 1 aromatic carbocycles. The second-order valence-corrected chi connectivity index (χ2v) is 8.68. The van der Waals surface area contributed by atoms with E-state index in [0.717, 1.165) is 36.0 Å². The molecule has 0 aliphatic carbocycles. The topological polar surface area (TPSA) is 89.6 Å². The average molecular weight is 508 g/mol. The highest BCUT2D eigenvalue weighted by molar-refractivity contribution is 8.13. The number of carbonyl (C=O) groups is 1. The molecule has 1 amide bonds. The molecular formula is C20H15F7N4O2S. The number of fused-ring (bicyclic) bond motifs is 1. The number of pyridine rings is 1. The predicted molar refractivity (Wildman–Crippen MR) is 109 cm³/mol. The van der Waals surface area contributed by atoms with Crippen molar-refractivity contribution in [3.05, 3.63) is 59.2 Å². The van der Waals surface area contributed by atoms with Gasteiger partial charge in [-0.15, -0.1) is 0 Å². The summed E-state index contributed by atoms with van der Waals surface area (Å²) in [6, 6.07) is 4.73. The van der Waals surface area contributed by atoms with Crippen LogP contribution in [-0.4, -0.2) is 40.7 Å². The third kappa shape index (κ3) is 4.43. The third-order valence-corrected chi connectivity index (χ3v) is 6.43. The number of nitrogens with zero attached hydrogens (tertiary/aromatic N) is 2. The summed E-state index contributed by atoms with van der Waals surface area (Å²) in [7, 11) is 0. The van der Waals surface area contributed by atoms with Crippen molar-refractivity contribution in [2.45, 2.75) is 24.0 Å². The Labute approximate surface area is 191 Å². The van der Waals surface area contributed by atoms with Crippen LogP contribution in [0.5, 0.6) is 0 Å². The molecule has 6 nitrogen and oxygen atoms in total. The first-order chi connectivity index (χ1) is 15.8. The van der Waals surface area contributed by atoms with E-state index in [4.69, 9.17) is 10.5 Å². The summed E-state index contributed by atoms with van der Waals surface area (Å²) in [5.41, 5.74) is 2.29. The van der Waals surface area contributed by atoms with Crippen LogP contribution in [0.25, 0.3) is 0 Å². The van der Waals surface area contributed by atoms with Gasteiger partial charge in [0.2, 0.25) is 0 Å². The molecule has 4 rings (SSSR count). The first-order valence-electron chi connectivity index (χ1n) is 9.62. The molecule has 0 saturated carbocycles. The Bertz CT molecular complexity index is 1140. The maximum Gasteiger partial charge on any atom is 0.417 e. The molecule has 3 heterocycles. The van der Waals surface area contributed by atoms with Gasteiger partial charge in [0, 0.05) is 29.1 Å². The zero-order chi connectivity index (χ0) is 24.9. The van der Waals surface area contributed by atoms with Gasteiger partial charge in [-0.05, 0) is 30.3 Å². The maximum absolute atomic E-state index is 14.9. The molecular weight excluding hydrogens is 493 g/mol. The van der Waals surface area contributed by atoms with Crippen molar-refractivity contribution in [2.24, 2.45) is 16.6 Å². The van der Waals surface area contributed by atoms with Crippen LogP contribution < -0.4 is 11.1 Å². The quantitative estimate of drug-likeness (QED) is 0.603. The minimum Gasteiger partial charge on any atom is -0.379 e. The number of aliphatic imine (C=N–C) groups is 1. The van der Waals surface area contributed by atoms with E-state index in [1.165, 1.54) is 0 Å². The highest BCUT2D eigenvalue weighted by atomic mass is 32.2. The van der Waals surface area contributed by atoms with Crippen LogP contribution in [-0.2, 0) is 16.5 Å². The number of amides is 1. The highest BCUT2D eigenvalue weighted by Crippen LogP contribution is 2.52. The van der Waals surface area contributed by atoms with Gasteiger partial charge in [0.1, 0.15) is 17.1 Å². The lowest BCUT2D eigenvalue weighted by Crippen LogP contribution is -2.46. The fraction of sp³-hybridized carbons (Fsp3) is 0.350. The van der Waals surface area contributed by atoms with Crippen molar-refractivity contribution in [2.75, 3.05) is 17.7 Å². The molecule has 0 spiro atoms. The number of alkyl halides is 6. The van der Waals surface area contributed by atoms with Gasteiger partial charge in [0.25, 0.3) is 5.91 Å². The van der Waals surface area contributed by atoms with Crippen molar-refractivity contribution < 1.29 is 40.3 Å². The Morgan fingerprint density at radius 1 is 1.18 bits per heavy atom. The smallest absolute Gasteiger partial charge is 0.379 e. The number of ether oxygens (including phenoxy) is 1. The van der Waals surface area contributed by atoms with Gasteiger partial charge in [0.15, 0.2) is 11.3 Å². The molecule has 3 unspecified atom stereocenters. The number of rotatable bonds is 3. The summed E-state index contributed by atoms with van der Waals surface area (Å²) < 4.78 is 98.5. The Kier molecular flexibility index (Phi) is 6.00. The van der Waals surface area contributed by atoms with Gasteiger partial charge in [-0.1, -0.05) is 11.8 Å². The van der Waals surface area contributed by atoms with Crippen molar-refractivity contribution in [1.82, 2.24) is 4.98 Å². The average Bonchev–Trinajstić information content (AvgIpc) is 3.14. The van der Waals surface area contributed by atoms with E-state index in [9.17, 15) is 35.5 Å². The fourth-order valence-electron chi connectivity index (χ4n) is 3.92. The van der Waals surface area contributed by atoms with Crippen LogP contribution >= 0.6 is 11.8 Å². The number of benzene rings is 1. The second kappa shape index (κ2) is 8.41. The van der Waals surface area contributed by atoms with E-state index >= 15 is 0 Å². The number of nitrogens with two attached hydrogens (primary N) is 1. The van der Waals surface area contributed by atoms with E-state index in [1.807, 2.05) is 0 Å². The number of thioether (sulfide) groups is 1. The summed E-state index contributed by atoms with van der Waals surface area (Å²) in [6.45, 7) is -0.585. The van der Waals surface area contributed by atoms with Crippen LogP contribution in [0.3, 0.4) is 0 Å². The largest absolute Gasteiger partial charge is 0.417 e. The number of halogens is 7. The summed E-state index contributed by atoms with van der Waals surface area (Å²) >= 11 is 0.896. The monoisotopic (exact) mass is 508 g/mol. The first kappa shape index (κ1) is 24.3. The predicted octanol–water partition coefficient (Wildman–Crippen LogP) is 4.33. The molecule has 1 aromatic heterocycles. The van der Waals surface area contributed by atoms with E-state index in [-0.39, 0.29) is 27.9 Å². The molecule has 0 bridgehead atoms. The lowest BCUT2D eigenvalue weighted by atomic mass is 9.78.